The van der Waals surface area contributed by atoms with E-state index in [9.17, 15) is 0 Å². The van der Waals surface area contributed by atoms with Crippen molar-refractivity contribution >= 4 is 0 Å². The molecule has 0 aromatic carbocycles. The zero-order valence-electron chi connectivity index (χ0n) is 12.9. The quantitative estimate of drug-likeness (QED) is 0.668. The molecule has 108 valence electrons. The highest BCUT2D eigenvalue weighted by molar-refractivity contribution is 4.82. The van der Waals surface area contributed by atoms with E-state index in [4.69, 9.17) is 4.74 Å². The Bertz CT molecular complexity index is 205. The molecule has 0 spiro atoms. The van der Waals surface area contributed by atoms with Crippen molar-refractivity contribution < 1.29 is 4.74 Å². The SMILES string of the molecule is CCCNCC1CCC(C(C)C)CC1COCC. The van der Waals surface area contributed by atoms with Gasteiger partial charge in [-0.25, -0.2) is 0 Å². The van der Waals surface area contributed by atoms with E-state index in [-0.39, 0.29) is 0 Å². The van der Waals surface area contributed by atoms with Gasteiger partial charge in [0.2, 0.25) is 0 Å². The summed E-state index contributed by atoms with van der Waals surface area (Å²) in [5.74, 6) is 3.35. The van der Waals surface area contributed by atoms with E-state index in [0.717, 1.165) is 43.4 Å². The predicted molar refractivity (Wildman–Crippen MR) is 78.8 cm³/mol. The predicted octanol–water partition coefficient (Wildman–Crippen LogP) is 3.71. The second-order valence-corrected chi connectivity index (χ2v) is 6.20. The molecule has 0 aliphatic heterocycles. The molecule has 1 rings (SSSR count). The van der Waals surface area contributed by atoms with Crippen LogP contribution in [-0.2, 0) is 4.74 Å². The lowest BCUT2D eigenvalue weighted by Gasteiger charge is -2.38. The molecule has 0 heterocycles. The number of hydrogen-bond acceptors (Lipinski definition) is 2. The topological polar surface area (TPSA) is 21.3 Å². The van der Waals surface area contributed by atoms with Gasteiger partial charge in [-0.15, -0.1) is 0 Å². The summed E-state index contributed by atoms with van der Waals surface area (Å²) < 4.78 is 5.71. The standard InChI is InChI=1S/C16H33NO/c1-5-9-17-11-15-8-7-14(13(3)4)10-16(15)12-18-6-2/h13-17H,5-12H2,1-4H3. The molecule has 1 N–H and O–H groups in total. The van der Waals surface area contributed by atoms with E-state index in [1.54, 1.807) is 0 Å². The van der Waals surface area contributed by atoms with E-state index in [2.05, 4.69) is 33.0 Å². The molecule has 0 aromatic rings. The minimum absolute atomic E-state index is 0.774. The van der Waals surface area contributed by atoms with Gasteiger partial charge in [-0.05, 0) is 69.4 Å². The molecule has 0 amide bonds. The minimum atomic E-state index is 0.774. The van der Waals surface area contributed by atoms with Crippen LogP contribution >= 0.6 is 0 Å². The lowest BCUT2D eigenvalue weighted by Crippen LogP contribution is -2.36. The van der Waals surface area contributed by atoms with Crippen LogP contribution in [0, 0.1) is 23.7 Å². The van der Waals surface area contributed by atoms with E-state index < -0.39 is 0 Å². The molecule has 1 fully saturated rings. The highest BCUT2D eigenvalue weighted by atomic mass is 16.5. The summed E-state index contributed by atoms with van der Waals surface area (Å²) >= 11 is 0. The normalized spacial score (nSPS) is 28.8. The summed E-state index contributed by atoms with van der Waals surface area (Å²) in [6.07, 6.45) is 5.41. The van der Waals surface area contributed by atoms with Crippen LogP contribution in [0.1, 0.15) is 53.4 Å². The van der Waals surface area contributed by atoms with Crippen LogP contribution in [0.15, 0.2) is 0 Å². The second kappa shape index (κ2) is 8.92. The molecular formula is C16H33NO. The van der Waals surface area contributed by atoms with Crippen LogP contribution < -0.4 is 5.32 Å². The smallest absolute Gasteiger partial charge is 0.0497 e. The van der Waals surface area contributed by atoms with Crippen molar-refractivity contribution in [3.05, 3.63) is 0 Å². The molecule has 0 bridgehead atoms. The summed E-state index contributed by atoms with van der Waals surface area (Å²) in [4.78, 5) is 0. The van der Waals surface area contributed by atoms with Crippen molar-refractivity contribution in [2.24, 2.45) is 23.7 Å². The maximum atomic E-state index is 5.71. The van der Waals surface area contributed by atoms with Crippen molar-refractivity contribution in [1.82, 2.24) is 5.32 Å². The fourth-order valence-corrected chi connectivity index (χ4v) is 3.17. The van der Waals surface area contributed by atoms with E-state index in [1.807, 2.05) is 0 Å². The zero-order chi connectivity index (χ0) is 13.4. The van der Waals surface area contributed by atoms with Gasteiger partial charge in [0, 0.05) is 13.2 Å². The van der Waals surface area contributed by atoms with Gasteiger partial charge in [0.05, 0.1) is 0 Å². The summed E-state index contributed by atoms with van der Waals surface area (Å²) in [5.41, 5.74) is 0. The van der Waals surface area contributed by atoms with Gasteiger partial charge in [0.1, 0.15) is 0 Å². The van der Waals surface area contributed by atoms with Gasteiger partial charge < -0.3 is 10.1 Å². The van der Waals surface area contributed by atoms with Crippen LogP contribution in [-0.4, -0.2) is 26.3 Å². The Morgan fingerprint density at radius 3 is 2.56 bits per heavy atom. The van der Waals surface area contributed by atoms with Gasteiger partial charge in [0.15, 0.2) is 0 Å². The molecule has 3 unspecified atom stereocenters. The summed E-state index contributed by atoms with van der Waals surface area (Å²) in [6.45, 7) is 13.3. The molecule has 1 aliphatic carbocycles. The van der Waals surface area contributed by atoms with Gasteiger partial charge in [-0.2, -0.15) is 0 Å². The van der Waals surface area contributed by atoms with Crippen molar-refractivity contribution in [3.63, 3.8) is 0 Å². The Morgan fingerprint density at radius 1 is 1.17 bits per heavy atom. The maximum Gasteiger partial charge on any atom is 0.0497 e. The molecular weight excluding hydrogens is 222 g/mol. The van der Waals surface area contributed by atoms with Crippen molar-refractivity contribution in [2.45, 2.75) is 53.4 Å². The Hall–Kier alpha value is -0.0800. The van der Waals surface area contributed by atoms with Crippen LogP contribution in [0.4, 0.5) is 0 Å². The third kappa shape index (κ3) is 5.27. The Morgan fingerprint density at radius 2 is 1.94 bits per heavy atom. The first-order valence-corrected chi connectivity index (χ1v) is 7.97. The fraction of sp³-hybridized carbons (Fsp3) is 1.00. The van der Waals surface area contributed by atoms with Crippen LogP contribution in [0.3, 0.4) is 0 Å². The number of nitrogens with one attached hydrogen (secondary N) is 1. The van der Waals surface area contributed by atoms with Crippen molar-refractivity contribution in [1.29, 1.82) is 0 Å². The minimum Gasteiger partial charge on any atom is -0.381 e. The van der Waals surface area contributed by atoms with Gasteiger partial charge >= 0.3 is 0 Å². The first-order chi connectivity index (χ1) is 8.69. The van der Waals surface area contributed by atoms with Gasteiger partial charge in [-0.1, -0.05) is 20.8 Å². The molecule has 3 atom stereocenters. The fourth-order valence-electron chi connectivity index (χ4n) is 3.17. The van der Waals surface area contributed by atoms with Gasteiger partial charge in [0.25, 0.3) is 0 Å². The summed E-state index contributed by atoms with van der Waals surface area (Å²) in [6, 6.07) is 0. The summed E-state index contributed by atoms with van der Waals surface area (Å²) in [7, 11) is 0. The number of ether oxygens (including phenoxy) is 1. The molecule has 1 aliphatic rings. The van der Waals surface area contributed by atoms with E-state index in [1.165, 1.54) is 32.2 Å². The van der Waals surface area contributed by atoms with Crippen molar-refractivity contribution in [2.75, 3.05) is 26.3 Å². The maximum absolute atomic E-state index is 5.71. The number of hydrogen-bond donors (Lipinski definition) is 1. The molecule has 0 radical (unpaired) electrons. The van der Waals surface area contributed by atoms with Crippen LogP contribution in [0.5, 0.6) is 0 Å². The molecule has 2 nitrogen and oxygen atoms in total. The Labute approximate surface area is 114 Å². The first-order valence-electron chi connectivity index (χ1n) is 7.97. The average Bonchev–Trinajstić information content (AvgIpc) is 2.37. The lowest BCUT2D eigenvalue weighted by molar-refractivity contribution is 0.0426. The Balaban J connectivity index is 2.43. The first kappa shape index (κ1) is 16.0. The lowest BCUT2D eigenvalue weighted by atomic mass is 9.71. The second-order valence-electron chi connectivity index (χ2n) is 6.20. The average molecular weight is 255 g/mol. The zero-order valence-corrected chi connectivity index (χ0v) is 12.9. The van der Waals surface area contributed by atoms with Crippen LogP contribution in [0.25, 0.3) is 0 Å². The van der Waals surface area contributed by atoms with E-state index in [0.29, 0.717) is 0 Å². The molecule has 0 saturated heterocycles. The summed E-state index contributed by atoms with van der Waals surface area (Å²) in [5, 5.41) is 3.60. The molecule has 2 heteroatoms. The monoisotopic (exact) mass is 255 g/mol. The van der Waals surface area contributed by atoms with Crippen LogP contribution in [0.2, 0.25) is 0 Å². The highest BCUT2D eigenvalue weighted by Crippen LogP contribution is 2.37. The molecule has 18 heavy (non-hydrogen) atoms. The molecule has 1 saturated carbocycles. The third-order valence-electron chi connectivity index (χ3n) is 4.49. The van der Waals surface area contributed by atoms with E-state index >= 15 is 0 Å². The third-order valence-corrected chi connectivity index (χ3v) is 4.49. The van der Waals surface area contributed by atoms with Crippen molar-refractivity contribution in [3.8, 4) is 0 Å². The highest BCUT2D eigenvalue weighted by Gasteiger charge is 2.31. The Kier molecular flexibility index (Phi) is 7.92. The number of rotatable bonds is 8. The molecule has 0 aromatic heterocycles. The van der Waals surface area contributed by atoms with Gasteiger partial charge in [-0.3, -0.25) is 0 Å². The largest absolute Gasteiger partial charge is 0.381 e.